The molecule has 0 radical (unpaired) electrons. The predicted molar refractivity (Wildman–Crippen MR) is 107 cm³/mol. The Labute approximate surface area is 166 Å². The van der Waals surface area contributed by atoms with Crippen molar-refractivity contribution in [2.45, 2.75) is 50.6 Å². The van der Waals surface area contributed by atoms with Crippen molar-refractivity contribution in [3.63, 3.8) is 0 Å². The van der Waals surface area contributed by atoms with Gasteiger partial charge in [-0.15, -0.1) is 17.5 Å². The molecule has 0 saturated carbocycles. The van der Waals surface area contributed by atoms with Crippen molar-refractivity contribution in [2.75, 3.05) is 19.6 Å². The highest BCUT2D eigenvalue weighted by atomic mass is 35.5. The molecule has 3 heterocycles. The maximum absolute atomic E-state index is 13.2. The van der Waals surface area contributed by atoms with Crippen molar-refractivity contribution in [3.8, 4) is 0 Å². The summed E-state index contributed by atoms with van der Waals surface area (Å²) in [5, 5.41) is 11.9. The highest BCUT2D eigenvalue weighted by Gasteiger charge is 2.29. The zero-order valence-electron chi connectivity index (χ0n) is 15.6. The molecule has 146 valence electrons. The number of amides is 1. The molecule has 0 aliphatic carbocycles. The van der Waals surface area contributed by atoms with E-state index in [0.717, 1.165) is 51.7 Å². The average molecular weight is 390 g/mol. The zero-order valence-corrected chi connectivity index (χ0v) is 16.4. The van der Waals surface area contributed by atoms with E-state index in [1.165, 1.54) is 12.0 Å². The van der Waals surface area contributed by atoms with Crippen LogP contribution in [-0.4, -0.2) is 45.4 Å². The molecule has 0 spiro atoms. The first kappa shape index (κ1) is 19.8. The molecule has 1 amide bonds. The largest absolute Gasteiger partial charge is 0.330 e. The van der Waals surface area contributed by atoms with Crippen LogP contribution in [0.4, 0.5) is 0 Å². The molecule has 4 rings (SSSR count). The molecule has 2 fully saturated rings. The van der Waals surface area contributed by atoms with Gasteiger partial charge in [0.1, 0.15) is 0 Å². The fraction of sp³-hybridized carbons (Fsp3) is 0.550. The third-order valence-electron chi connectivity index (χ3n) is 5.61. The number of aromatic nitrogens is 3. The molecule has 1 aromatic carbocycles. The van der Waals surface area contributed by atoms with E-state index in [-0.39, 0.29) is 24.4 Å². The first-order chi connectivity index (χ1) is 12.8. The van der Waals surface area contributed by atoms with Crippen LogP contribution in [-0.2, 0) is 0 Å². The van der Waals surface area contributed by atoms with Crippen LogP contribution in [0.5, 0.6) is 0 Å². The Bertz CT molecular complexity index is 729. The summed E-state index contributed by atoms with van der Waals surface area (Å²) in [6, 6.07) is 10.9. The summed E-state index contributed by atoms with van der Waals surface area (Å²) in [5.41, 5.74) is 1.69. The fourth-order valence-corrected chi connectivity index (χ4v) is 4.14. The van der Waals surface area contributed by atoms with Crippen LogP contribution in [0.3, 0.4) is 0 Å². The highest BCUT2D eigenvalue weighted by molar-refractivity contribution is 5.92. The van der Waals surface area contributed by atoms with Gasteiger partial charge in [0, 0.05) is 6.54 Å². The quantitative estimate of drug-likeness (QED) is 0.874. The third-order valence-corrected chi connectivity index (χ3v) is 5.61. The van der Waals surface area contributed by atoms with Gasteiger partial charge < -0.3 is 10.2 Å². The minimum atomic E-state index is 0. The molecule has 2 saturated heterocycles. The van der Waals surface area contributed by atoms with E-state index in [1.807, 2.05) is 21.8 Å². The van der Waals surface area contributed by atoms with Gasteiger partial charge in [-0.3, -0.25) is 4.79 Å². The molecule has 7 heteroatoms. The molecule has 0 bridgehead atoms. The van der Waals surface area contributed by atoms with Gasteiger partial charge in [-0.2, -0.15) is 0 Å². The molecule has 1 aromatic heterocycles. The van der Waals surface area contributed by atoms with Crippen LogP contribution < -0.4 is 5.32 Å². The van der Waals surface area contributed by atoms with Crippen LogP contribution in [0.1, 0.15) is 66.7 Å². The Morgan fingerprint density at radius 3 is 2.59 bits per heavy atom. The van der Waals surface area contributed by atoms with Gasteiger partial charge >= 0.3 is 0 Å². The second kappa shape index (κ2) is 9.33. The number of carbonyl (C=O) groups excluding carboxylic acids is 1. The molecule has 27 heavy (non-hydrogen) atoms. The Balaban J connectivity index is 0.00000210. The lowest BCUT2D eigenvalue weighted by molar-refractivity contribution is 0.0674. The molecule has 1 unspecified atom stereocenters. The molecule has 2 aliphatic heterocycles. The summed E-state index contributed by atoms with van der Waals surface area (Å²) in [6.07, 6.45) is 8.32. The maximum atomic E-state index is 13.2. The number of hydrogen-bond acceptors (Lipinski definition) is 4. The van der Waals surface area contributed by atoms with Crippen LogP contribution in [0.25, 0.3) is 0 Å². The number of benzene rings is 1. The molecular weight excluding hydrogens is 362 g/mol. The van der Waals surface area contributed by atoms with E-state index in [1.54, 1.807) is 0 Å². The second-order valence-electron chi connectivity index (χ2n) is 7.34. The zero-order chi connectivity index (χ0) is 17.8. The topological polar surface area (TPSA) is 63.1 Å². The Morgan fingerprint density at radius 2 is 1.81 bits per heavy atom. The number of carbonyl (C=O) groups is 1. The lowest BCUT2D eigenvalue weighted by Gasteiger charge is -2.29. The fourth-order valence-electron chi connectivity index (χ4n) is 4.14. The van der Waals surface area contributed by atoms with Gasteiger partial charge in [-0.05, 0) is 44.3 Å². The minimum absolute atomic E-state index is 0. The van der Waals surface area contributed by atoms with Gasteiger partial charge in [-0.25, -0.2) is 4.68 Å². The summed E-state index contributed by atoms with van der Waals surface area (Å²) >= 11 is 0. The first-order valence-electron chi connectivity index (χ1n) is 9.81. The summed E-state index contributed by atoms with van der Waals surface area (Å²) in [7, 11) is 0. The Hall–Kier alpha value is -1.92. The van der Waals surface area contributed by atoms with E-state index < -0.39 is 0 Å². The van der Waals surface area contributed by atoms with E-state index in [4.69, 9.17) is 0 Å². The maximum Gasteiger partial charge on any atom is 0.276 e. The minimum Gasteiger partial charge on any atom is -0.330 e. The van der Waals surface area contributed by atoms with Gasteiger partial charge in [0.2, 0.25) is 0 Å². The van der Waals surface area contributed by atoms with E-state index in [2.05, 4.69) is 39.9 Å². The molecule has 2 aliphatic rings. The summed E-state index contributed by atoms with van der Waals surface area (Å²) < 4.78 is 1.89. The van der Waals surface area contributed by atoms with Gasteiger partial charge in [0.05, 0.1) is 18.3 Å². The van der Waals surface area contributed by atoms with Crippen LogP contribution >= 0.6 is 12.4 Å². The SMILES string of the molecule is Cl.O=C(c1cn(C2CCNCC2)nn1)N1CCCCCC1c1ccccc1. The van der Waals surface area contributed by atoms with Gasteiger partial charge in [0.25, 0.3) is 5.91 Å². The monoisotopic (exact) mass is 389 g/mol. The third kappa shape index (κ3) is 4.50. The molecular formula is C20H28ClN5O. The normalized spacial score (nSPS) is 21.3. The second-order valence-corrected chi connectivity index (χ2v) is 7.34. The van der Waals surface area contributed by atoms with Crippen LogP contribution in [0.15, 0.2) is 36.5 Å². The van der Waals surface area contributed by atoms with Crippen LogP contribution in [0.2, 0.25) is 0 Å². The van der Waals surface area contributed by atoms with Crippen molar-refractivity contribution < 1.29 is 4.79 Å². The smallest absolute Gasteiger partial charge is 0.276 e. The number of piperidine rings is 1. The summed E-state index contributed by atoms with van der Waals surface area (Å²) in [6.45, 7) is 2.78. The lowest BCUT2D eigenvalue weighted by Crippen LogP contribution is -2.35. The number of nitrogens with one attached hydrogen (secondary N) is 1. The highest BCUT2D eigenvalue weighted by Crippen LogP contribution is 2.31. The number of rotatable bonds is 3. The molecule has 1 atom stereocenters. The van der Waals surface area contributed by atoms with Crippen molar-refractivity contribution in [3.05, 3.63) is 47.8 Å². The summed E-state index contributed by atoms with van der Waals surface area (Å²) in [5.74, 6) is 0.0148. The standard InChI is InChI=1S/C20H27N5O.ClH/c26-20(18-15-25(23-22-18)17-10-12-21-13-11-17)24-14-6-2-5-9-19(24)16-7-3-1-4-8-16;/h1,3-4,7-8,15,17,19,21H,2,5-6,9-14H2;1H. The lowest BCUT2D eigenvalue weighted by atomic mass is 10.0. The molecule has 2 aromatic rings. The number of halogens is 1. The van der Waals surface area contributed by atoms with E-state index >= 15 is 0 Å². The summed E-state index contributed by atoms with van der Waals surface area (Å²) in [4.78, 5) is 15.2. The predicted octanol–water partition coefficient (Wildman–Crippen LogP) is 3.38. The Morgan fingerprint density at radius 1 is 1.04 bits per heavy atom. The van der Waals surface area contributed by atoms with Crippen molar-refractivity contribution in [1.29, 1.82) is 0 Å². The Kier molecular flexibility index (Phi) is 6.85. The molecule has 6 nitrogen and oxygen atoms in total. The van der Waals surface area contributed by atoms with Crippen molar-refractivity contribution in [2.24, 2.45) is 0 Å². The van der Waals surface area contributed by atoms with Crippen molar-refractivity contribution >= 4 is 18.3 Å². The first-order valence-corrected chi connectivity index (χ1v) is 9.81. The van der Waals surface area contributed by atoms with Crippen molar-refractivity contribution in [1.82, 2.24) is 25.2 Å². The van der Waals surface area contributed by atoms with E-state index in [0.29, 0.717) is 11.7 Å². The average Bonchev–Trinajstić information content (AvgIpc) is 3.07. The number of hydrogen-bond donors (Lipinski definition) is 1. The van der Waals surface area contributed by atoms with Gasteiger partial charge in [-0.1, -0.05) is 48.4 Å². The number of likely N-dealkylation sites (tertiary alicyclic amines) is 1. The molecule has 1 N–H and O–H groups in total. The van der Waals surface area contributed by atoms with Crippen LogP contribution in [0, 0.1) is 0 Å². The van der Waals surface area contributed by atoms with Gasteiger partial charge in [0.15, 0.2) is 5.69 Å². The number of nitrogens with zero attached hydrogens (tertiary/aromatic N) is 4. The van der Waals surface area contributed by atoms with E-state index in [9.17, 15) is 4.79 Å².